The number of amides is 2. The van der Waals surface area contributed by atoms with Gasteiger partial charge >= 0.3 is 0 Å². The van der Waals surface area contributed by atoms with Gasteiger partial charge in [-0.3, -0.25) is 19.7 Å². The fourth-order valence-corrected chi connectivity index (χ4v) is 3.75. The lowest BCUT2D eigenvalue weighted by molar-refractivity contribution is -0.385. The van der Waals surface area contributed by atoms with E-state index in [0.717, 1.165) is 5.69 Å². The summed E-state index contributed by atoms with van der Waals surface area (Å²) in [6, 6.07) is 11.0. The molecule has 0 fully saturated rings. The predicted molar refractivity (Wildman–Crippen MR) is 140 cm³/mol. The Morgan fingerprint density at radius 2 is 1.81 bits per heavy atom. The van der Waals surface area contributed by atoms with Gasteiger partial charge in [-0.15, -0.1) is 0 Å². The summed E-state index contributed by atoms with van der Waals surface area (Å²) in [5.74, 6) is -0.532. The van der Waals surface area contributed by atoms with Gasteiger partial charge in [-0.05, 0) is 38.1 Å². The molecule has 1 heterocycles. The molecule has 0 radical (unpaired) electrons. The topological polar surface area (TPSA) is 110 Å². The average molecular weight is 532 g/mol. The molecule has 9 nitrogen and oxygen atoms in total. The molecular formula is C25H27Cl2N5O4. The van der Waals surface area contributed by atoms with Gasteiger partial charge in [0.05, 0.1) is 26.3 Å². The molecule has 0 aliphatic heterocycles. The molecular weight excluding hydrogens is 505 g/mol. The molecule has 0 bridgehead atoms. The van der Waals surface area contributed by atoms with E-state index in [2.05, 4.69) is 10.4 Å². The number of likely N-dealkylation sites (N-methyl/N-ethyl adjacent to an activating group) is 1. The van der Waals surface area contributed by atoms with Crippen molar-refractivity contribution < 1.29 is 14.5 Å². The SMILES string of the molecule is CCN(CC(=O)Nc1cc(C(C)(C)C)nn1-c1ccc(Cl)c(Cl)c1)C(=O)c1ccc(C)c([N+](=O)[O-])c1. The summed E-state index contributed by atoms with van der Waals surface area (Å²) in [5.41, 5.74) is 1.47. The van der Waals surface area contributed by atoms with E-state index >= 15 is 0 Å². The van der Waals surface area contributed by atoms with Crippen LogP contribution in [0.15, 0.2) is 42.5 Å². The zero-order chi connectivity index (χ0) is 26.8. The first-order valence-corrected chi connectivity index (χ1v) is 12.0. The van der Waals surface area contributed by atoms with E-state index in [4.69, 9.17) is 23.2 Å². The maximum absolute atomic E-state index is 13.0. The number of aryl methyl sites for hydroxylation is 1. The van der Waals surface area contributed by atoms with Gasteiger partial charge in [0.15, 0.2) is 0 Å². The second-order valence-electron chi connectivity index (χ2n) is 9.30. The number of benzene rings is 2. The molecule has 2 aromatic carbocycles. The van der Waals surface area contributed by atoms with E-state index in [9.17, 15) is 19.7 Å². The molecule has 190 valence electrons. The van der Waals surface area contributed by atoms with Crippen molar-refractivity contribution in [3.05, 3.63) is 79.4 Å². The molecule has 0 atom stereocenters. The minimum Gasteiger partial charge on any atom is -0.330 e. The highest BCUT2D eigenvalue weighted by Gasteiger charge is 2.24. The van der Waals surface area contributed by atoms with Crippen LogP contribution < -0.4 is 5.32 Å². The van der Waals surface area contributed by atoms with E-state index in [-0.39, 0.29) is 29.8 Å². The van der Waals surface area contributed by atoms with Gasteiger partial charge in [0.25, 0.3) is 11.6 Å². The monoisotopic (exact) mass is 531 g/mol. The van der Waals surface area contributed by atoms with Crippen molar-refractivity contribution in [2.24, 2.45) is 0 Å². The van der Waals surface area contributed by atoms with Gasteiger partial charge in [0, 0.05) is 35.2 Å². The first-order valence-electron chi connectivity index (χ1n) is 11.2. The largest absolute Gasteiger partial charge is 0.330 e. The van der Waals surface area contributed by atoms with E-state index in [0.29, 0.717) is 27.1 Å². The molecule has 11 heteroatoms. The van der Waals surface area contributed by atoms with E-state index in [1.165, 1.54) is 23.1 Å². The van der Waals surface area contributed by atoms with Gasteiger partial charge in [-0.1, -0.05) is 50.0 Å². The third-order valence-electron chi connectivity index (χ3n) is 5.55. The van der Waals surface area contributed by atoms with Crippen LogP contribution in [0.5, 0.6) is 0 Å². The van der Waals surface area contributed by atoms with Crippen LogP contribution in [-0.2, 0) is 10.2 Å². The number of nitro groups is 1. The molecule has 0 aliphatic carbocycles. The quantitative estimate of drug-likeness (QED) is 0.306. The first kappa shape index (κ1) is 27.2. The Balaban J connectivity index is 1.87. The molecule has 1 aromatic heterocycles. The molecule has 0 unspecified atom stereocenters. The number of aromatic nitrogens is 2. The standard InChI is InChI=1S/C25H27Cl2N5O4/c1-6-30(24(34)16-8-7-15(2)20(11-16)32(35)36)14-23(33)28-22-13-21(25(3,4)5)29-31(22)17-9-10-18(26)19(27)12-17/h7-13H,6,14H2,1-5H3,(H,28,33). The molecule has 0 saturated carbocycles. The highest BCUT2D eigenvalue weighted by atomic mass is 35.5. The number of nitrogens with one attached hydrogen (secondary N) is 1. The highest BCUT2D eigenvalue weighted by molar-refractivity contribution is 6.42. The number of anilines is 1. The Morgan fingerprint density at radius 1 is 1.11 bits per heavy atom. The number of carbonyl (C=O) groups is 2. The molecule has 3 rings (SSSR count). The Bertz CT molecular complexity index is 1330. The molecule has 2 amide bonds. The third kappa shape index (κ3) is 6.03. The normalized spacial score (nSPS) is 11.3. The van der Waals surface area contributed by atoms with Gasteiger partial charge in [0.1, 0.15) is 12.4 Å². The number of hydrogen-bond donors (Lipinski definition) is 1. The van der Waals surface area contributed by atoms with E-state index in [1.54, 1.807) is 42.8 Å². The fourth-order valence-electron chi connectivity index (χ4n) is 3.45. The summed E-state index contributed by atoms with van der Waals surface area (Å²) < 4.78 is 1.56. The Hall–Kier alpha value is -3.43. The van der Waals surface area contributed by atoms with Gasteiger partial charge < -0.3 is 10.2 Å². The van der Waals surface area contributed by atoms with Crippen molar-refractivity contribution >= 4 is 46.5 Å². The van der Waals surface area contributed by atoms with Crippen LogP contribution in [0.3, 0.4) is 0 Å². The minimum atomic E-state index is -0.536. The second-order valence-corrected chi connectivity index (χ2v) is 10.1. The van der Waals surface area contributed by atoms with Crippen LogP contribution in [0.4, 0.5) is 11.5 Å². The number of hydrogen-bond acceptors (Lipinski definition) is 5. The summed E-state index contributed by atoms with van der Waals surface area (Å²) in [5, 5.41) is 19.5. The maximum atomic E-state index is 13.0. The summed E-state index contributed by atoms with van der Waals surface area (Å²) >= 11 is 12.2. The number of carbonyl (C=O) groups excluding carboxylic acids is 2. The maximum Gasteiger partial charge on any atom is 0.273 e. The van der Waals surface area contributed by atoms with Crippen LogP contribution in [0.25, 0.3) is 5.69 Å². The lowest BCUT2D eigenvalue weighted by Crippen LogP contribution is -2.38. The smallest absolute Gasteiger partial charge is 0.273 e. The number of nitro benzene ring substituents is 1. The van der Waals surface area contributed by atoms with Crippen molar-refractivity contribution in [2.45, 2.75) is 40.0 Å². The first-order chi connectivity index (χ1) is 16.8. The summed E-state index contributed by atoms with van der Waals surface area (Å²) in [6.45, 7) is 9.29. The molecule has 0 spiro atoms. The lowest BCUT2D eigenvalue weighted by atomic mass is 9.92. The van der Waals surface area contributed by atoms with Gasteiger partial charge in [-0.2, -0.15) is 5.10 Å². The van der Waals surface area contributed by atoms with Crippen LogP contribution in [0, 0.1) is 17.0 Å². The molecule has 3 aromatic rings. The molecule has 0 aliphatic rings. The van der Waals surface area contributed by atoms with Crippen molar-refractivity contribution in [2.75, 3.05) is 18.4 Å². The Labute approximate surface area is 219 Å². The fraction of sp³-hybridized carbons (Fsp3) is 0.320. The van der Waals surface area contributed by atoms with Gasteiger partial charge in [0.2, 0.25) is 5.91 Å². The van der Waals surface area contributed by atoms with Crippen LogP contribution in [0.2, 0.25) is 10.0 Å². The van der Waals surface area contributed by atoms with Crippen molar-refractivity contribution in [1.29, 1.82) is 0 Å². The number of rotatable bonds is 7. The summed E-state index contributed by atoms with van der Waals surface area (Å²) in [6.07, 6.45) is 0. The van der Waals surface area contributed by atoms with E-state index in [1.807, 2.05) is 20.8 Å². The molecule has 36 heavy (non-hydrogen) atoms. The van der Waals surface area contributed by atoms with E-state index < -0.39 is 16.7 Å². The second kappa shape index (κ2) is 10.7. The zero-order valence-electron chi connectivity index (χ0n) is 20.6. The Morgan fingerprint density at radius 3 is 2.39 bits per heavy atom. The third-order valence-corrected chi connectivity index (χ3v) is 6.29. The number of halogens is 2. The number of nitrogens with zero attached hydrogens (tertiary/aromatic N) is 4. The van der Waals surface area contributed by atoms with Crippen LogP contribution in [-0.4, -0.2) is 44.5 Å². The van der Waals surface area contributed by atoms with Crippen molar-refractivity contribution in [1.82, 2.24) is 14.7 Å². The predicted octanol–water partition coefficient (Wildman–Crippen LogP) is 5.79. The van der Waals surface area contributed by atoms with Crippen molar-refractivity contribution in [3.63, 3.8) is 0 Å². The van der Waals surface area contributed by atoms with Crippen molar-refractivity contribution in [3.8, 4) is 5.69 Å². The van der Waals surface area contributed by atoms with Gasteiger partial charge in [-0.25, -0.2) is 4.68 Å². The summed E-state index contributed by atoms with van der Waals surface area (Å²) in [7, 11) is 0. The summed E-state index contributed by atoms with van der Waals surface area (Å²) in [4.78, 5) is 38.1. The van der Waals surface area contributed by atoms with Crippen LogP contribution in [0.1, 0.15) is 49.3 Å². The highest BCUT2D eigenvalue weighted by Crippen LogP contribution is 2.29. The average Bonchev–Trinajstić information content (AvgIpc) is 3.23. The van der Waals surface area contributed by atoms with Crippen LogP contribution >= 0.6 is 23.2 Å². The molecule has 1 N–H and O–H groups in total. The minimum absolute atomic E-state index is 0.137. The Kier molecular flexibility index (Phi) is 8.05. The molecule has 0 saturated heterocycles. The lowest BCUT2D eigenvalue weighted by Gasteiger charge is -2.20. The zero-order valence-corrected chi connectivity index (χ0v) is 22.1.